The van der Waals surface area contributed by atoms with Crippen LogP contribution >= 0.6 is 11.8 Å². The Morgan fingerprint density at radius 2 is 2.00 bits per heavy atom. The molecule has 0 aliphatic carbocycles. The Morgan fingerprint density at radius 3 is 2.65 bits per heavy atom. The average Bonchev–Trinajstić information content (AvgIpc) is 2.83. The molecule has 0 aromatic heterocycles. The molecule has 1 aromatic rings. The van der Waals surface area contributed by atoms with Crippen LogP contribution in [0.3, 0.4) is 0 Å². The predicted molar refractivity (Wildman–Crippen MR) is 77.7 cm³/mol. The number of benzene rings is 1. The van der Waals surface area contributed by atoms with Crippen LogP contribution in [-0.4, -0.2) is 55.6 Å². The van der Waals surface area contributed by atoms with E-state index in [4.69, 9.17) is 14.2 Å². The lowest BCUT2D eigenvalue weighted by molar-refractivity contribution is -0.145. The molecule has 0 spiro atoms. The maximum Gasteiger partial charge on any atom is 0.233 e. The smallest absolute Gasteiger partial charge is 0.233 e. The highest BCUT2D eigenvalue weighted by Gasteiger charge is 2.37. The number of carbonyl (C=O) groups is 1. The standard InChI is InChI=1S/C14H19NO4S/c1-17-14(18-2)13-15(12(16)10-20-13)8-9-19-11-6-4-3-5-7-11/h3-7,13-14H,8-10H2,1-2H3. The van der Waals surface area contributed by atoms with Crippen molar-refractivity contribution in [3.05, 3.63) is 30.3 Å². The predicted octanol–water partition coefficient (Wildman–Crippen LogP) is 1.59. The van der Waals surface area contributed by atoms with Crippen molar-refractivity contribution in [3.63, 3.8) is 0 Å². The SMILES string of the molecule is COC(OC)C1SCC(=O)N1CCOc1ccccc1. The van der Waals surface area contributed by atoms with Crippen LogP contribution in [0.2, 0.25) is 0 Å². The topological polar surface area (TPSA) is 48.0 Å². The van der Waals surface area contributed by atoms with Crippen molar-refractivity contribution in [2.75, 3.05) is 33.1 Å². The fourth-order valence-corrected chi connectivity index (χ4v) is 3.32. The van der Waals surface area contributed by atoms with E-state index in [-0.39, 0.29) is 11.3 Å². The van der Waals surface area contributed by atoms with E-state index in [1.54, 1.807) is 19.1 Å². The first-order chi connectivity index (χ1) is 9.76. The Morgan fingerprint density at radius 1 is 1.30 bits per heavy atom. The van der Waals surface area contributed by atoms with Gasteiger partial charge < -0.3 is 19.1 Å². The van der Waals surface area contributed by atoms with Gasteiger partial charge in [0.15, 0.2) is 6.29 Å². The average molecular weight is 297 g/mol. The van der Waals surface area contributed by atoms with Crippen molar-refractivity contribution in [2.24, 2.45) is 0 Å². The molecule has 1 amide bonds. The highest BCUT2D eigenvalue weighted by molar-refractivity contribution is 8.01. The lowest BCUT2D eigenvalue weighted by Crippen LogP contribution is -2.43. The summed E-state index contributed by atoms with van der Waals surface area (Å²) in [7, 11) is 3.16. The van der Waals surface area contributed by atoms with E-state index in [0.29, 0.717) is 18.9 Å². The molecule has 2 rings (SSSR count). The zero-order valence-electron chi connectivity index (χ0n) is 11.7. The summed E-state index contributed by atoms with van der Waals surface area (Å²) in [4.78, 5) is 13.7. The first-order valence-electron chi connectivity index (χ1n) is 6.40. The molecule has 1 atom stereocenters. The first-order valence-corrected chi connectivity index (χ1v) is 7.45. The molecule has 1 heterocycles. The second-order valence-corrected chi connectivity index (χ2v) is 5.40. The highest BCUT2D eigenvalue weighted by atomic mass is 32.2. The summed E-state index contributed by atoms with van der Waals surface area (Å²) in [5.41, 5.74) is 0. The Bertz CT molecular complexity index is 424. The molecule has 1 aliphatic rings. The van der Waals surface area contributed by atoms with E-state index in [9.17, 15) is 4.79 Å². The zero-order chi connectivity index (χ0) is 14.4. The number of rotatable bonds is 7. The van der Waals surface area contributed by atoms with Crippen LogP contribution in [0.5, 0.6) is 5.75 Å². The molecule has 1 fully saturated rings. The van der Waals surface area contributed by atoms with Crippen LogP contribution in [0.4, 0.5) is 0 Å². The molecule has 0 bridgehead atoms. The number of carbonyl (C=O) groups excluding carboxylic acids is 1. The number of methoxy groups -OCH3 is 2. The maximum absolute atomic E-state index is 11.9. The Labute approximate surface area is 123 Å². The summed E-state index contributed by atoms with van der Waals surface area (Å²) in [6.07, 6.45) is -0.414. The van der Waals surface area contributed by atoms with Crippen molar-refractivity contribution in [3.8, 4) is 5.75 Å². The molecule has 6 heteroatoms. The fraction of sp³-hybridized carbons (Fsp3) is 0.500. The zero-order valence-corrected chi connectivity index (χ0v) is 12.5. The van der Waals surface area contributed by atoms with E-state index in [1.807, 2.05) is 30.3 Å². The van der Waals surface area contributed by atoms with E-state index in [0.717, 1.165) is 5.75 Å². The third-order valence-electron chi connectivity index (χ3n) is 3.05. The number of hydrogen-bond acceptors (Lipinski definition) is 5. The van der Waals surface area contributed by atoms with Gasteiger partial charge in [-0.2, -0.15) is 0 Å². The molecule has 1 saturated heterocycles. The third-order valence-corrected chi connectivity index (χ3v) is 4.28. The molecule has 1 aromatic carbocycles. The van der Waals surface area contributed by atoms with Crippen LogP contribution in [0.25, 0.3) is 0 Å². The monoisotopic (exact) mass is 297 g/mol. The van der Waals surface area contributed by atoms with Crippen LogP contribution < -0.4 is 4.74 Å². The number of para-hydroxylation sites is 1. The third kappa shape index (κ3) is 3.65. The molecule has 20 heavy (non-hydrogen) atoms. The van der Waals surface area contributed by atoms with Gasteiger partial charge in [-0.1, -0.05) is 18.2 Å². The van der Waals surface area contributed by atoms with E-state index in [2.05, 4.69) is 0 Å². The summed E-state index contributed by atoms with van der Waals surface area (Å²) in [6, 6.07) is 9.56. The molecule has 1 unspecified atom stereocenters. The molecular weight excluding hydrogens is 278 g/mol. The molecule has 0 saturated carbocycles. The fourth-order valence-electron chi connectivity index (χ4n) is 2.06. The van der Waals surface area contributed by atoms with Gasteiger partial charge in [-0.25, -0.2) is 0 Å². The molecule has 1 aliphatic heterocycles. The van der Waals surface area contributed by atoms with E-state index in [1.165, 1.54) is 11.8 Å². The van der Waals surface area contributed by atoms with Crippen molar-refractivity contribution >= 4 is 17.7 Å². The molecule has 0 N–H and O–H groups in total. The van der Waals surface area contributed by atoms with Crippen molar-refractivity contribution in [1.82, 2.24) is 4.90 Å². The number of thioether (sulfide) groups is 1. The number of ether oxygens (including phenoxy) is 3. The van der Waals surface area contributed by atoms with Crippen LogP contribution in [0, 0.1) is 0 Å². The Kier molecular flexibility index (Phi) is 5.70. The number of amides is 1. The summed E-state index contributed by atoms with van der Waals surface area (Å²) in [5, 5.41) is -0.114. The maximum atomic E-state index is 11.9. The van der Waals surface area contributed by atoms with Gasteiger partial charge in [0.05, 0.1) is 12.3 Å². The van der Waals surface area contributed by atoms with Crippen LogP contribution in [0.15, 0.2) is 30.3 Å². The molecule has 0 radical (unpaired) electrons. The van der Waals surface area contributed by atoms with Crippen molar-refractivity contribution < 1.29 is 19.0 Å². The molecule has 110 valence electrons. The van der Waals surface area contributed by atoms with Crippen LogP contribution in [0.1, 0.15) is 0 Å². The largest absolute Gasteiger partial charge is 0.492 e. The van der Waals surface area contributed by atoms with Gasteiger partial charge in [-0.05, 0) is 12.1 Å². The van der Waals surface area contributed by atoms with E-state index >= 15 is 0 Å². The quantitative estimate of drug-likeness (QED) is 0.715. The van der Waals surface area contributed by atoms with Gasteiger partial charge in [0.1, 0.15) is 17.7 Å². The van der Waals surface area contributed by atoms with Crippen molar-refractivity contribution in [1.29, 1.82) is 0 Å². The number of hydrogen-bond donors (Lipinski definition) is 0. The van der Waals surface area contributed by atoms with Gasteiger partial charge in [0, 0.05) is 14.2 Å². The van der Waals surface area contributed by atoms with Gasteiger partial charge in [-0.3, -0.25) is 4.79 Å². The molecular formula is C14H19NO4S. The summed E-state index contributed by atoms with van der Waals surface area (Å²) < 4.78 is 16.1. The summed E-state index contributed by atoms with van der Waals surface area (Å²) in [6.45, 7) is 0.974. The minimum Gasteiger partial charge on any atom is -0.492 e. The second-order valence-electron chi connectivity index (χ2n) is 4.29. The summed E-state index contributed by atoms with van der Waals surface area (Å²) >= 11 is 1.53. The normalized spacial score (nSPS) is 18.9. The Balaban J connectivity index is 1.87. The van der Waals surface area contributed by atoms with Gasteiger partial charge in [0.25, 0.3) is 0 Å². The van der Waals surface area contributed by atoms with Gasteiger partial charge >= 0.3 is 0 Å². The first kappa shape index (κ1) is 15.2. The lowest BCUT2D eigenvalue weighted by Gasteiger charge is -2.28. The van der Waals surface area contributed by atoms with Gasteiger partial charge in [0.2, 0.25) is 5.91 Å². The minimum absolute atomic E-state index is 0.0933. The van der Waals surface area contributed by atoms with E-state index < -0.39 is 6.29 Å². The Hall–Kier alpha value is -1.24. The minimum atomic E-state index is -0.414. The number of nitrogens with zero attached hydrogens (tertiary/aromatic N) is 1. The molecule has 5 nitrogen and oxygen atoms in total. The highest BCUT2D eigenvalue weighted by Crippen LogP contribution is 2.28. The van der Waals surface area contributed by atoms with Crippen molar-refractivity contribution in [2.45, 2.75) is 11.7 Å². The lowest BCUT2D eigenvalue weighted by atomic mass is 10.3. The summed E-state index contributed by atoms with van der Waals surface area (Å²) in [5.74, 6) is 1.35. The van der Waals surface area contributed by atoms with Gasteiger partial charge in [-0.15, -0.1) is 11.8 Å². The second kappa shape index (κ2) is 7.52. The van der Waals surface area contributed by atoms with Crippen LogP contribution in [-0.2, 0) is 14.3 Å².